The van der Waals surface area contributed by atoms with Crippen LogP contribution in [0.4, 0.5) is 10.2 Å². The molecule has 0 saturated carbocycles. The van der Waals surface area contributed by atoms with E-state index < -0.39 is 5.82 Å². The molecular weight excluding hydrogens is 436 g/mol. The Balaban J connectivity index is 0.00000240. The SMILES string of the molecule is Cl.Nc1ncc(-c2ccc3c(c2)CNC3)cc1OCCc1c(Cl)ccc(F)c1Cl. The molecular formula is C21H19Cl3FN3O. The van der Waals surface area contributed by atoms with Gasteiger partial charge in [0.2, 0.25) is 0 Å². The zero-order valence-electron chi connectivity index (χ0n) is 15.3. The first kappa shape index (κ1) is 21.7. The highest BCUT2D eigenvalue weighted by molar-refractivity contribution is 6.36. The van der Waals surface area contributed by atoms with Gasteiger partial charge in [-0.3, -0.25) is 0 Å². The van der Waals surface area contributed by atoms with Crippen molar-refractivity contribution in [2.24, 2.45) is 0 Å². The average Bonchev–Trinajstić information content (AvgIpc) is 3.16. The van der Waals surface area contributed by atoms with E-state index in [1.807, 2.05) is 6.07 Å². The van der Waals surface area contributed by atoms with Crippen molar-refractivity contribution in [2.75, 3.05) is 12.3 Å². The van der Waals surface area contributed by atoms with E-state index >= 15 is 0 Å². The van der Waals surface area contributed by atoms with E-state index in [1.165, 1.54) is 23.3 Å². The van der Waals surface area contributed by atoms with Gasteiger partial charge in [0.1, 0.15) is 5.82 Å². The van der Waals surface area contributed by atoms with E-state index in [4.69, 9.17) is 33.7 Å². The number of hydrogen-bond donors (Lipinski definition) is 2. The van der Waals surface area contributed by atoms with Gasteiger partial charge in [-0.25, -0.2) is 9.37 Å². The molecule has 3 aromatic rings. The highest BCUT2D eigenvalue weighted by Crippen LogP contribution is 2.31. The third-order valence-corrected chi connectivity index (χ3v) is 5.56. The minimum Gasteiger partial charge on any atom is -0.489 e. The molecule has 0 bridgehead atoms. The first-order valence-corrected chi connectivity index (χ1v) is 9.62. The van der Waals surface area contributed by atoms with Gasteiger partial charge < -0.3 is 15.8 Å². The molecule has 0 atom stereocenters. The van der Waals surface area contributed by atoms with Crippen LogP contribution in [-0.4, -0.2) is 11.6 Å². The molecule has 1 aliphatic heterocycles. The van der Waals surface area contributed by atoms with Crippen molar-refractivity contribution in [1.82, 2.24) is 10.3 Å². The molecule has 0 amide bonds. The van der Waals surface area contributed by atoms with Crippen LogP contribution in [0.1, 0.15) is 16.7 Å². The molecule has 152 valence electrons. The van der Waals surface area contributed by atoms with Gasteiger partial charge in [-0.05, 0) is 46.5 Å². The minimum absolute atomic E-state index is 0. The van der Waals surface area contributed by atoms with Crippen LogP contribution >= 0.6 is 35.6 Å². The summed E-state index contributed by atoms with van der Waals surface area (Å²) in [5, 5.41) is 3.76. The molecule has 8 heteroatoms. The lowest BCUT2D eigenvalue weighted by atomic mass is 10.0. The van der Waals surface area contributed by atoms with Gasteiger partial charge in [-0.15, -0.1) is 12.4 Å². The summed E-state index contributed by atoms with van der Waals surface area (Å²) < 4.78 is 19.4. The third-order valence-electron chi connectivity index (χ3n) is 4.80. The Labute approximate surface area is 184 Å². The summed E-state index contributed by atoms with van der Waals surface area (Å²) in [6, 6.07) is 10.9. The molecule has 1 aliphatic rings. The van der Waals surface area contributed by atoms with Crippen LogP contribution in [0.15, 0.2) is 42.6 Å². The lowest BCUT2D eigenvalue weighted by molar-refractivity contribution is 0.322. The van der Waals surface area contributed by atoms with Crippen molar-refractivity contribution in [2.45, 2.75) is 19.5 Å². The number of ether oxygens (including phenoxy) is 1. The van der Waals surface area contributed by atoms with E-state index in [0.717, 1.165) is 24.2 Å². The Bertz CT molecular complexity index is 1050. The Morgan fingerprint density at radius 1 is 1.07 bits per heavy atom. The third kappa shape index (κ3) is 4.59. The second kappa shape index (κ2) is 9.18. The van der Waals surface area contributed by atoms with Crippen molar-refractivity contribution < 1.29 is 9.13 Å². The number of nitrogen functional groups attached to an aromatic ring is 1. The fourth-order valence-corrected chi connectivity index (χ4v) is 3.82. The van der Waals surface area contributed by atoms with Crippen LogP contribution in [0, 0.1) is 5.82 Å². The number of anilines is 1. The Hall–Kier alpha value is -2.05. The second-order valence-corrected chi connectivity index (χ2v) is 7.40. The molecule has 29 heavy (non-hydrogen) atoms. The molecule has 0 aliphatic carbocycles. The van der Waals surface area contributed by atoms with E-state index in [2.05, 4.69) is 28.5 Å². The molecule has 2 heterocycles. The molecule has 1 aromatic heterocycles. The Kier molecular flexibility index (Phi) is 6.85. The highest BCUT2D eigenvalue weighted by atomic mass is 35.5. The van der Waals surface area contributed by atoms with Gasteiger partial charge in [0.25, 0.3) is 0 Å². The monoisotopic (exact) mass is 453 g/mol. The van der Waals surface area contributed by atoms with Crippen LogP contribution in [0.5, 0.6) is 5.75 Å². The zero-order chi connectivity index (χ0) is 19.7. The number of pyridine rings is 1. The van der Waals surface area contributed by atoms with E-state index in [0.29, 0.717) is 28.6 Å². The lowest BCUT2D eigenvalue weighted by Crippen LogP contribution is -2.06. The largest absolute Gasteiger partial charge is 0.489 e. The molecule has 4 nitrogen and oxygen atoms in total. The molecule has 4 rings (SSSR count). The van der Waals surface area contributed by atoms with Crippen LogP contribution in [-0.2, 0) is 19.5 Å². The van der Waals surface area contributed by atoms with Crippen LogP contribution in [0.2, 0.25) is 10.0 Å². The minimum atomic E-state index is -0.504. The van der Waals surface area contributed by atoms with Gasteiger partial charge in [0.05, 0.1) is 11.6 Å². The van der Waals surface area contributed by atoms with Gasteiger partial charge in [-0.1, -0.05) is 35.3 Å². The quantitative estimate of drug-likeness (QED) is 0.505. The van der Waals surface area contributed by atoms with E-state index in [1.54, 1.807) is 6.20 Å². The van der Waals surface area contributed by atoms with Gasteiger partial charge in [0, 0.05) is 36.3 Å². The zero-order valence-corrected chi connectivity index (χ0v) is 17.7. The van der Waals surface area contributed by atoms with Crippen molar-refractivity contribution in [1.29, 1.82) is 0 Å². The topological polar surface area (TPSA) is 60.2 Å². The molecule has 0 fully saturated rings. The van der Waals surface area contributed by atoms with Crippen molar-refractivity contribution >= 4 is 41.4 Å². The number of fused-ring (bicyclic) bond motifs is 1. The maximum absolute atomic E-state index is 13.6. The molecule has 0 unspecified atom stereocenters. The standard InChI is InChI=1S/C21H18Cl2FN3O.ClH/c22-17-3-4-18(24)20(23)16(17)5-6-28-19-8-15(11-27-21(19)25)12-1-2-13-9-26-10-14(13)7-12;/h1-4,7-8,11,26H,5-6,9-10H2,(H2,25,27);1H. The summed E-state index contributed by atoms with van der Waals surface area (Å²) >= 11 is 12.1. The van der Waals surface area contributed by atoms with E-state index in [-0.39, 0.29) is 24.0 Å². The molecule has 0 saturated heterocycles. The van der Waals surface area contributed by atoms with Gasteiger partial charge in [0.15, 0.2) is 11.6 Å². The van der Waals surface area contributed by atoms with Gasteiger partial charge in [-0.2, -0.15) is 0 Å². The summed E-state index contributed by atoms with van der Waals surface area (Å²) in [6.07, 6.45) is 2.08. The van der Waals surface area contributed by atoms with Crippen LogP contribution < -0.4 is 15.8 Å². The molecule has 3 N–H and O–H groups in total. The number of benzene rings is 2. The summed E-state index contributed by atoms with van der Waals surface area (Å²) in [5.41, 5.74) is 11.0. The first-order chi connectivity index (χ1) is 13.5. The highest BCUT2D eigenvalue weighted by Gasteiger charge is 2.14. The maximum Gasteiger partial charge on any atom is 0.166 e. The number of nitrogens with one attached hydrogen (secondary N) is 1. The molecule has 2 aromatic carbocycles. The number of hydrogen-bond acceptors (Lipinski definition) is 4. The van der Waals surface area contributed by atoms with Crippen LogP contribution in [0.3, 0.4) is 0 Å². The maximum atomic E-state index is 13.6. The van der Waals surface area contributed by atoms with Crippen molar-refractivity contribution in [3.05, 3.63) is 75.1 Å². The van der Waals surface area contributed by atoms with Crippen molar-refractivity contribution in [3.8, 4) is 16.9 Å². The Morgan fingerprint density at radius 2 is 1.86 bits per heavy atom. The summed E-state index contributed by atoms with van der Waals surface area (Å²) in [7, 11) is 0. The van der Waals surface area contributed by atoms with Crippen LogP contribution in [0.25, 0.3) is 11.1 Å². The van der Waals surface area contributed by atoms with E-state index in [9.17, 15) is 4.39 Å². The lowest BCUT2D eigenvalue weighted by Gasteiger charge is -2.12. The normalized spacial score (nSPS) is 12.4. The predicted molar refractivity (Wildman–Crippen MR) is 117 cm³/mol. The summed E-state index contributed by atoms with van der Waals surface area (Å²) in [4.78, 5) is 4.25. The Morgan fingerprint density at radius 3 is 2.69 bits per heavy atom. The first-order valence-electron chi connectivity index (χ1n) is 8.86. The smallest absolute Gasteiger partial charge is 0.166 e. The molecule has 0 radical (unpaired) electrons. The predicted octanol–water partition coefficient (Wildman–Crippen LogP) is 5.42. The molecule has 0 spiro atoms. The number of aromatic nitrogens is 1. The van der Waals surface area contributed by atoms with Gasteiger partial charge >= 0.3 is 0 Å². The number of nitrogens with two attached hydrogens (primary N) is 1. The fourth-order valence-electron chi connectivity index (χ4n) is 3.26. The summed E-state index contributed by atoms with van der Waals surface area (Å²) in [5.74, 6) is 0.262. The number of rotatable bonds is 5. The average molecular weight is 455 g/mol. The number of halogens is 4. The number of nitrogens with zero attached hydrogens (tertiary/aromatic N) is 1. The summed E-state index contributed by atoms with van der Waals surface area (Å²) in [6.45, 7) is 2.01. The van der Waals surface area contributed by atoms with Crippen molar-refractivity contribution in [3.63, 3.8) is 0 Å². The fraction of sp³-hybridized carbons (Fsp3) is 0.190. The second-order valence-electron chi connectivity index (χ2n) is 6.61.